The summed E-state index contributed by atoms with van der Waals surface area (Å²) in [5.74, 6) is 0.642. The van der Waals surface area contributed by atoms with E-state index in [2.05, 4.69) is 10.3 Å². The number of amides is 1. The first kappa shape index (κ1) is 22.5. The number of carbonyl (C=O) groups excluding carboxylic acids is 1. The first-order chi connectivity index (χ1) is 16.5. The molecule has 1 aromatic carbocycles. The molecule has 2 saturated heterocycles. The summed E-state index contributed by atoms with van der Waals surface area (Å²) in [6.07, 6.45) is 5.07. The molecule has 2 fully saturated rings. The molecule has 0 bridgehead atoms. The smallest absolute Gasteiger partial charge is 0.260 e. The van der Waals surface area contributed by atoms with Crippen molar-refractivity contribution in [1.82, 2.24) is 19.4 Å². The third kappa shape index (κ3) is 4.42. The van der Waals surface area contributed by atoms with Crippen LogP contribution in [-0.2, 0) is 9.53 Å². The number of piperidine rings is 1. The van der Waals surface area contributed by atoms with Crippen LogP contribution in [0.15, 0.2) is 41.3 Å². The molecule has 2 aliphatic rings. The van der Waals surface area contributed by atoms with Gasteiger partial charge in [-0.25, -0.2) is 4.98 Å². The molecule has 5 rings (SSSR count). The van der Waals surface area contributed by atoms with E-state index in [0.29, 0.717) is 30.4 Å². The van der Waals surface area contributed by atoms with Crippen molar-refractivity contribution in [3.8, 4) is 11.1 Å². The van der Waals surface area contributed by atoms with Crippen LogP contribution in [0.4, 0.5) is 5.95 Å². The molecule has 3 aromatic rings. The first-order valence-corrected chi connectivity index (χ1v) is 12.1. The lowest BCUT2D eigenvalue weighted by Gasteiger charge is -2.31. The number of nitrogens with one attached hydrogen (secondary N) is 1. The van der Waals surface area contributed by atoms with E-state index in [0.717, 1.165) is 55.3 Å². The Bertz CT molecular complexity index is 1260. The minimum absolute atomic E-state index is 0.0203. The van der Waals surface area contributed by atoms with Gasteiger partial charge in [-0.2, -0.15) is 4.98 Å². The largest absolute Gasteiger partial charge is 0.381 e. The zero-order valence-corrected chi connectivity index (χ0v) is 19.8. The van der Waals surface area contributed by atoms with Gasteiger partial charge in [0, 0.05) is 62.5 Å². The molecule has 0 aliphatic carbocycles. The Morgan fingerprint density at radius 1 is 1.09 bits per heavy atom. The van der Waals surface area contributed by atoms with E-state index in [9.17, 15) is 9.59 Å². The topological polar surface area (TPSA) is 89.4 Å². The number of ether oxygens (including phenoxy) is 1. The van der Waals surface area contributed by atoms with Crippen LogP contribution in [0.5, 0.6) is 0 Å². The SMILES string of the molecule is CC(=O)N1CCC(Nc2ncc3cc(-c4ccccc4C)c(=O)n(C4CCOCC4)c3n2)CC1. The first-order valence-electron chi connectivity index (χ1n) is 12.1. The summed E-state index contributed by atoms with van der Waals surface area (Å²) in [5, 5.41) is 4.29. The molecule has 8 heteroatoms. The van der Waals surface area contributed by atoms with Crippen molar-refractivity contribution in [2.24, 2.45) is 0 Å². The van der Waals surface area contributed by atoms with Crippen molar-refractivity contribution in [3.63, 3.8) is 0 Å². The van der Waals surface area contributed by atoms with E-state index in [4.69, 9.17) is 9.72 Å². The fraction of sp³-hybridized carbons (Fsp3) is 0.462. The highest BCUT2D eigenvalue weighted by molar-refractivity contribution is 5.82. The second kappa shape index (κ2) is 9.54. The molecule has 34 heavy (non-hydrogen) atoms. The maximum atomic E-state index is 13.8. The van der Waals surface area contributed by atoms with Crippen molar-refractivity contribution in [2.75, 3.05) is 31.6 Å². The Kier molecular flexibility index (Phi) is 6.32. The number of anilines is 1. The van der Waals surface area contributed by atoms with Crippen LogP contribution < -0.4 is 10.9 Å². The van der Waals surface area contributed by atoms with Crippen molar-refractivity contribution in [2.45, 2.75) is 51.6 Å². The van der Waals surface area contributed by atoms with Gasteiger partial charge in [0.05, 0.1) is 0 Å². The number of benzene rings is 1. The monoisotopic (exact) mass is 461 g/mol. The normalized spacial score (nSPS) is 17.8. The van der Waals surface area contributed by atoms with E-state index >= 15 is 0 Å². The maximum Gasteiger partial charge on any atom is 0.260 e. The van der Waals surface area contributed by atoms with Crippen molar-refractivity contribution >= 4 is 22.9 Å². The standard InChI is InChI=1S/C26H31N5O3/c1-17-5-3-4-6-22(17)23-15-19-16-27-26(28-20-7-11-30(12-8-20)18(2)32)29-24(19)31(25(23)33)21-9-13-34-14-10-21/h3-6,15-16,20-21H,7-14H2,1-2H3,(H,27,28,29). The molecule has 0 spiro atoms. The molecule has 1 N–H and O–H groups in total. The lowest BCUT2D eigenvalue weighted by molar-refractivity contribution is -0.129. The summed E-state index contributed by atoms with van der Waals surface area (Å²) in [4.78, 5) is 36.8. The molecule has 2 aliphatic heterocycles. The molecular formula is C26H31N5O3. The molecule has 178 valence electrons. The lowest BCUT2D eigenvalue weighted by atomic mass is 10.00. The summed E-state index contributed by atoms with van der Waals surface area (Å²) in [6.45, 7) is 6.37. The highest BCUT2D eigenvalue weighted by Gasteiger charge is 2.24. The predicted octanol–water partition coefficient (Wildman–Crippen LogP) is 3.54. The Labute approximate surface area is 199 Å². The van der Waals surface area contributed by atoms with Gasteiger partial charge < -0.3 is 15.0 Å². The van der Waals surface area contributed by atoms with Gasteiger partial charge in [0.2, 0.25) is 11.9 Å². The van der Waals surface area contributed by atoms with Crippen LogP contribution in [0, 0.1) is 6.92 Å². The number of fused-ring (bicyclic) bond motifs is 1. The number of hydrogen-bond donors (Lipinski definition) is 1. The number of likely N-dealkylation sites (tertiary alicyclic amines) is 1. The summed E-state index contributed by atoms with van der Waals surface area (Å²) in [6, 6.07) is 10.1. The number of nitrogens with zero attached hydrogens (tertiary/aromatic N) is 4. The average Bonchev–Trinajstić information content (AvgIpc) is 2.85. The number of carbonyl (C=O) groups is 1. The van der Waals surface area contributed by atoms with Crippen molar-refractivity contribution in [1.29, 1.82) is 0 Å². The van der Waals surface area contributed by atoms with Gasteiger partial charge in [-0.3, -0.25) is 14.2 Å². The van der Waals surface area contributed by atoms with E-state index in [1.807, 2.05) is 52.9 Å². The predicted molar refractivity (Wildman–Crippen MR) is 132 cm³/mol. The highest BCUT2D eigenvalue weighted by Crippen LogP contribution is 2.28. The Morgan fingerprint density at radius 2 is 1.82 bits per heavy atom. The van der Waals surface area contributed by atoms with E-state index in [1.54, 1.807) is 6.92 Å². The minimum atomic E-state index is -0.0203. The van der Waals surface area contributed by atoms with Gasteiger partial charge in [-0.15, -0.1) is 0 Å². The van der Waals surface area contributed by atoms with Crippen LogP contribution in [0.25, 0.3) is 22.2 Å². The van der Waals surface area contributed by atoms with Gasteiger partial charge >= 0.3 is 0 Å². The Morgan fingerprint density at radius 3 is 2.53 bits per heavy atom. The van der Waals surface area contributed by atoms with Crippen molar-refractivity contribution in [3.05, 3.63) is 52.4 Å². The number of aromatic nitrogens is 3. The van der Waals surface area contributed by atoms with Crippen molar-refractivity contribution < 1.29 is 9.53 Å². The maximum absolute atomic E-state index is 13.8. The second-order valence-corrected chi connectivity index (χ2v) is 9.29. The van der Waals surface area contributed by atoms with E-state index < -0.39 is 0 Å². The summed E-state index contributed by atoms with van der Waals surface area (Å²) < 4.78 is 7.43. The molecule has 2 aromatic heterocycles. The van der Waals surface area contributed by atoms with Crippen LogP contribution >= 0.6 is 0 Å². The number of rotatable bonds is 4. The van der Waals surface area contributed by atoms with Crippen LogP contribution in [0.2, 0.25) is 0 Å². The molecule has 0 unspecified atom stereocenters. The van der Waals surface area contributed by atoms with E-state index in [1.165, 1.54) is 0 Å². The third-order valence-corrected chi connectivity index (χ3v) is 7.04. The average molecular weight is 462 g/mol. The molecule has 0 atom stereocenters. The van der Waals surface area contributed by atoms with Gasteiger partial charge in [0.25, 0.3) is 5.56 Å². The minimum Gasteiger partial charge on any atom is -0.381 e. The molecular weight excluding hydrogens is 430 g/mol. The zero-order chi connectivity index (χ0) is 23.7. The van der Waals surface area contributed by atoms with Gasteiger partial charge in [0.15, 0.2) is 0 Å². The molecule has 4 heterocycles. The number of pyridine rings is 1. The van der Waals surface area contributed by atoms with Gasteiger partial charge in [-0.1, -0.05) is 24.3 Å². The second-order valence-electron chi connectivity index (χ2n) is 9.29. The third-order valence-electron chi connectivity index (χ3n) is 7.04. The zero-order valence-electron chi connectivity index (χ0n) is 19.8. The molecule has 1 amide bonds. The number of aryl methyl sites for hydroxylation is 1. The van der Waals surface area contributed by atoms with Gasteiger partial charge in [-0.05, 0) is 49.8 Å². The number of hydrogen-bond acceptors (Lipinski definition) is 6. The Hall–Kier alpha value is -3.26. The summed E-state index contributed by atoms with van der Waals surface area (Å²) in [5.41, 5.74) is 3.32. The van der Waals surface area contributed by atoms with Crippen LogP contribution in [0.3, 0.4) is 0 Å². The summed E-state index contributed by atoms with van der Waals surface area (Å²) in [7, 11) is 0. The van der Waals surface area contributed by atoms with Gasteiger partial charge in [0.1, 0.15) is 5.65 Å². The fourth-order valence-corrected chi connectivity index (χ4v) is 5.06. The molecule has 0 saturated carbocycles. The summed E-state index contributed by atoms with van der Waals surface area (Å²) >= 11 is 0. The quantitative estimate of drug-likeness (QED) is 0.639. The molecule has 0 radical (unpaired) electrons. The van der Waals surface area contributed by atoms with Crippen LogP contribution in [-0.4, -0.2) is 57.7 Å². The Balaban J connectivity index is 1.54. The highest BCUT2D eigenvalue weighted by atomic mass is 16.5. The van der Waals surface area contributed by atoms with Crippen LogP contribution in [0.1, 0.15) is 44.2 Å². The lowest BCUT2D eigenvalue weighted by Crippen LogP contribution is -2.41. The fourth-order valence-electron chi connectivity index (χ4n) is 5.06. The molecule has 8 nitrogen and oxygen atoms in total. The van der Waals surface area contributed by atoms with E-state index in [-0.39, 0.29) is 23.6 Å².